The number of nitrogens with zero attached hydrogens (tertiary/aromatic N) is 2. The molecule has 108 valence electrons. The molecule has 0 aromatic heterocycles. The third kappa shape index (κ3) is 2.57. The monoisotopic (exact) mass is 293 g/mol. The Labute approximate surface area is 124 Å². The van der Waals surface area contributed by atoms with Crippen LogP contribution in [0.5, 0.6) is 0 Å². The Morgan fingerprint density at radius 2 is 1.90 bits per heavy atom. The van der Waals surface area contributed by atoms with Gasteiger partial charge in [-0.25, -0.2) is 0 Å². The summed E-state index contributed by atoms with van der Waals surface area (Å²) in [5.74, 6) is 0.652. The zero-order valence-electron chi connectivity index (χ0n) is 11.5. The molecule has 2 N–H and O–H groups in total. The number of carbonyl (C=O) groups excluding carboxylic acids is 1. The summed E-state index contributed by atoms with van der Waals surface area (Å²) in [6, 6.07) is 5.73. The summed E-state index contributed by atoms with van der Waals surface area (Å²) in [6.07, 6.45) is 3.36. The molecule has 0 atom stereocenters. The molecule has 1 aromatic carbocycles. The highest BCUT2D eigenvalue weighted by Crippen LogP contribution is 2.29. The first-order valence-electron chi connectivity index (χ1n) is 7.24. The third-order valence-corrected chi connectivity index (χ3v) is 4.73. The van der Waals surface area contributed by atoms with Crippen LogP contribution in [0.15, 0.2) is 18.2 Å². The fourth-order valence-corrected chi connectivity index (χ4v) is 2.94. The Morgan fingerprint density at radius 1 is 1.20 bits per heavy atom. The highest BCUT2D eigenvalue weighted by atomic mass is 35.5. The zero-order chi connectivity index (χ0) is 14.1. The summed E-state index contributed by atoms with van der Waals surface area (Å²) in [4.78, 5) is 16.5. The van der Waals surface area contributed by atoms with E-state index in [1.165, 1.54) is 6.42 Å². The Kier molecular flexibility index (Phi) is 3.74. The van der Waals surface area contributed by atoms with E-state index >= 15 is 0 Å². The lowest BCUT2D eigenvalue weighted by molar-refractivity contribution is -0.138. The van der Waals surface area contributed by atoms with Crippen LogP contribution in [0.25, 0.3) is 0 Å². The van der Waals surface area contributed by atoms with Gasteiger partial charge >= 0.3 is 0 Å². The highest BCUT2D eigenvalue weighted by molar-refractivity contribution is 6.33. The van der Waals surface area contributed by atoms with Crippen LogP contribution in [-0.4, -0.2) is 37.0 Å². The van der Waals surface area contributed by atoms with E-state index in [0.29, 0.717) is 22.5 Å². The van der Waals surface area contributed by atoms with E-state index in [4.69, 9.17) is 17.3 Å². The molecule has 1 aromatic rings. The van der Waals surface area contributed by atoms with Crippen molar-refractivity contribution in [2.45, 2.75) is 19.3 Å². The van der Waals surface area contributed by atoms with Crippen LogP contribution < -0.4 is 10.6 Å². The number of nitrogen functional groups attached to an aromatic ring is 1. The van der Waals surface area contributed by atoms with Crippen molar-refractivity contribution < 1.29 is 4.79 Å². The predicted octanol–water partition coefficient (Wildman–Crippen LogP) is 2.37. The second kappa shape index (κ2) is 5.52. The molecule has 1 aliphatic carbocycles. The molecule has 0 radical (unpaired) electrons. The molecule has 0 bridgehead atoms. The average molecular weight is 294 g/mol. The quantitative estimate of drug-likeness (QED) is 0.852. The number of nitrogens with two attached hydrogens (primary N) is 1. The van der Waals surface area contributed by atoms with E-state index in [2.05, 4.69) is 4.90 Å². The number of hydrogen-bond donors (Lipinski definition) is 1. The van der Waals surface area contributed by atoms with E-state index < -0.39 is 0 Å². The average Bonchev–Trinajstić information content (AvgIpc) is 2.40. The summed E-state index contributed by atoms with van der Waals surface area (Å²) in [6.45, 7) is 3.33. The Bertz CT molecular complexity index is 508. The van der Waals surface area contributed by atoms with Gasteiger partial charge < -0.3 is 15.5 Å². The second-order valence-corrected chi connectivity index (χ2v) is 6.05. The highest BCUT2D eigenvalue weighted by Gasteiger charge is 2.31. The molecular formula is C15H20ClN3O. The molecule has 1 heterocycles. The minimum atomic E-state index is 0.299. The van der Waals surface area contributed by atoms with Gasteiger partial charge in [0.25, 0.3) is 0 Å². The van der Waals surface area contributed by atoms with Crippen LogP contribution >= 0.6 is 11.6 Å². The lowest BCUT2D eigenvalue weighted by Gasteiger charge is -2.39. The fraction of sp³-hybridized carbons (Fsp3) is 0.533. The Balaban J connectivity index is 1.60. The standard InChI is InChI=1S/C15H20ClN3O/c16-13-5-4-12(10-14(13)17)18-6-8-19(9-7-18)15(20)11-2-1-3-11/h4-5,10-11H,1-3,6-9,17H2. The smallest absolute Gasteiger partial charge is 0.225 e. The van der Waals surface area contributed by atoms with Crippen LogP contribution in [0.3, 0.4) is 0 Å². The molecule has 0 unspecified atom stereocenters. The van der Waals surface area contributed by atoms with Crippen LogP contribution in [-0.2, 0) is 4.79 Å². The lowest BCUT2D eigenvalue weighted by atomic mass is 9.84. The van der Waals surface area contributed by atoms with Gasteiger partial charge in [0.2, 0.25) is 5.91 Å². The molecule has 1 aliphatic heterocycles. The molecule has 3 rings (SSSR count). The van der Waals surface area contributed by atoms with E-state index in [1.807, 2.05) is 23.1 Å². The van der Waals surface area contributed by atoms with Gasteiger partial charge in [-0.1, -0.05) is 18.0 Å². The van der Waals surface area contributed by atoms with Crippen LogP contribution in [0.2, 0.25) is 5.02 Å². The van der Waals surface area contributed by atoms with Gasteiger partial charge in [-0.2, -0.15) is 0 Å². The Hall–Kier alpha value is -1.42. The first-order chi connectivity index (χ1) is 9.65. The number of benzene rings is 1. The first kappa shape index (κ1) is 13.6. The van der Waals surface area contributed by atoms with Gasteiger partial charge in [0.15, 0.2) is 0 Å². The number of amides is 1. The molecule has 5 heteroatoms. The van der Waals surface area contributed by atoms with Gasteiger partial charge in [-0.3, -0.25) is 4.79 Å². The molecule has 4 nitrogen and oxygen atoms in total. The van der Waals surface area contributed by atoms with Crippen LogP contribution in [0.4, 0.5) is 11.4 Å². The number of rotatable bonds is 2. The number of carbonyl (C=O) groups is 1. The maximum atomic E-state index is 12.2. The van der Waals surface area contributed by atoms with E-state index in [1.54, 1.807) is 0 Å². The second-order valence-electron chi connectivity index (χ2n) is 5.65. The normalized spacial score (nSPS) is 19.9. The zero-order valence-corrected chi connectivity index (χ0v) is 12.3. The van der Waals surface area contributed by atoms with Crippen molar-refractivity contribution in [3.8, 4) is 0 Å². The Morgan fingerprint density at radius 3 is 2.45 bits per heavy atom. The summed E-state index contributed by atoms with van der Waals surface area (Å²) >= 11 is 5.95. The molecule has 0 spiro atoms. The van der Waals surface area contributed by atoms with Crippen molar-refractivity contribution in [1.29, 1.82) is 0 Å². The first-order valence-corrected chi connectivity index (χ1v) is 7.62. The molecule has 1 saturated heterocycles. The lowest BCUT2D eigenvalue weighted by Crippen LogP contribution is -2.51. The van der Waals surface area contributed by atoms with Crippen molar-refractivity contribution >= 4 is 28.9 Å². The third-order valence-electron chi connectivity index (χ3n) is 4.39. The van der Waals surface area contributed by atoms with Crippen molar-refractivity contribution in [3.63, 3.8) is 0 Å². The van der Waals surface area contributed by atoms with E-state index in [9.17, 15) is 4.79 Å². The van der Waals surface area contributed by atoms with Crippen LogP contribution in [0.1, 0.15) is 19.3 Å². The molecule has 1 saturated carbocycles. The fourth-order valence-electron chi connectivity index (χ4n) is 2.83. The van der Waals surface area contributed by atoms with Crippen molar-refractivity contribution in [1.82, 2.24) is 4.90 Å². The summed E-state index contributed by atoms with van der Waals surface area (Å²) in [5.41, 5.74) is 7.54. The SMILES string of the molecule is Nc1cc(N2CCN(C(=O)C3CCC3)CC2)ccc1Cl. The number of halogens is 1. The largest absolute Gasteiger partial charge is 0.397 e. The topological polar surface area (TPSA) is 49.6 Å². The molecule has 2 fully saturated rings. The predicted molar refractivity (Wildman–Crippen MR) is 82.0 cm³/mol. The minimum absolute atomic E-state index is 0.299. The van der Waals surface area contributed by atoms with Crippen molar-refractivity contribution in [2.75, 3.05) is 36.8 Å². The van der Waals surface area contributed by atoms with Crippen LogP contribution in [0, 0.1) is 5.92 Å². The van der Waals surface area contributed by atoms with Gasteiger partial charge in [0.1, 0.15) is 0 Å². The van der Waals surface area contributed by atoms with E-state index in [-0.39, 0.29) is 0 Å². The summed E-state index contributed by atoms with van der Waals surface area (Å²) in [5, 5.41) is 0.590. The van der Waals surface area contributed by atoms with Gasteiger partial charge in [-0.15, -0.1) is 0 Å². The maximum Gasteiger partial charge on any atom is 0.225 e. The molecule has 2 aliphatic rings. The van der Waals surface area contributed by atoms with Gasteiger partial charge in [0, 0.05) is 37.8 Å². The number of hydrogen-bond acceptors (Lipinski definition) is 3. The minimum Gasteiger partial charge on any atom is -0.397 e. The summed E-state index contributed by atoms with van der Waals surface area (Å²) < 4.78 is 0. The molecule has 20 heavy (non-hydrogen) atoms. The number of anilines is 2. The number of piperazine rings is 1. The van der Waals surface area contributed by atoms with Gasteiger partial charge in [0.05, 0.1) is 10.7 Å². The molecule has 1 amide bonds. The van der Waals surface area contributed by atoms with E-state index in [0.717, 1.165) is 44.7 Å². The maximum absolute atomic E-state index is 12.2. The van der Waals surface area contributed by atoms with Crippen molar-refractivity contribution in [2.24, 2.45) is 5.92 Å². The van der Waals surface area contributed by atoms with Crippen molar-refractivity contribution in [3.05, 3.63) is 23.2 Å². The van der Waals surface area contributed by atoms with Gasteiger partial charge in [-0.05, 0) is 31.0 Å². The summed E-state index contributed by atoms with van der Waals surface area (Å²) in [7, 11) is 0. The molecular weight excluding hydrogens is 274 g/mol.